The summed E-state index contributed by atoms with van der Waals surface area (Å²) < 4.78 is 0. The number of carbonyl (C=O) groups excluding carboxylic acids is 3. The molecule has 4 unspecified atom stereocenters. The number of nitrogens with zero attached hydrogens (tertiary/aromatic N) is 2. The molecule has 1 aromatic heterocycles. The van der Waals surface area contributed by atoms with Crippen LogP contribution in [0.2, 0.25) is 0 Å². The molecule has 1 aliphatic rings. The number of amides is 3. The van der Waals surface area contributed by atoms with E-state index in [-0.39, 0.29) is 18.2 Å². The van der Waals surface area contributed by atoms with Gasteiger partial charge in [-0.25, -0.2) is 9.78 Å². The first-order chi connectivity index (χ1) is 15.6. The highest BCUT2D eigenvalue weighted by atomic mass is 32.2. The zero-order valence-corrected chi connectivity index (χ0v) is 20.1. The Hall–Kier alpha value is -2.60. The van der Waals surface area contributed by atoms with Gasteiger partial charge in [-0.15, -0.1) is 0 Å². The Bertz CT molecular complexity index is 818. The van der Waals surface area contributed by atoms with Crippen molar-refractivity contribution in [2.75, 3.05) is 18.6 Å². The molecule has 0 radical (unpaired) electrons. The molecule has 0 bridgehead atoms. The van der Waals surface area contributed by atoms with Gasteiger partial charge in [0.05, 0.1) is 12.4 Å². The van der Waals surface area contributed by atoms with Gasteiger partial charge in [0.15, 0.2) is 0 Å². The molecule has 184 valence electrons. The number of nitrogens with two attached hydrogens (primary N) is 1. The first-order valence-electron chi connectivity index (χ1n) is 11.0. The van der Waals surface area contributed by atoms with Crippen molar-refractivity contribution in [3.8, 4) is 0 Å². The van der Waals surface area contributed by atoms with Crippen LogP contribution in [0, 0.1) is 5.92 Å². The fourth-order valence-corrected chi connectivity index (χ4v) is 4.25. The number of likely N-dealkylation sites (tertiary alicyclic amines) is 1. The number of H-pyrrole nitrogens is 1. The summed E-state index contributed by atoms with van der Waals surface area (Å²) in [7, 11) is 0. The lowest BCUT2D eigenvalue weighted by Crippen LogP contribution is -2.57. The van der Waals surface area contributed by atoms with E-state index in [1.165, 1.54) is 23.0 Å². The Labute approximate surface area is 197 Å². The van der Waals surface area contributed by atoms with Gasteiger partial charge in [0, 0.05) is 24.9 Å². The average molecular weight is 483 g/mol. The van der Waals surface area contributed by atoms with Gasteiger partial charge in [-0.1, -0.05) is 13.8 Å². The van der Waals surface area contributed by atoms with E-state index in [4.69, 9.17) is 5.73 Å². The van der Waals surface area contributed by atoms with Crippen LogP contribution < -0.4 is 16.4 Å². The Balaban J connectivity index is 2.06. The Morgan fingerprint density at radius 1 is 1.33 bits per heavy atom. The molecule has 12 heteroatoms. The van der Waals surface area contributed by atoms with Gasteiger partial charge in [0.1, 0.15) is 18.1 Å². The summed E-state index contributed by atoms with van der Waals surface area (Å²) >= 11 is 1.51. The third kappa shape index (κ3) is 7.46. The number of hydrogen-bond donors (Lipinski definition) is 5. The van der Waals surface area contributed by atoms with Crippen LogP contribution >= 0.6 is 11.8 Å². The van der Waals surface area contributed by atoms with Crippen molar-refractivity contribution < 1.29 is 24.3 Å². The molecule has 4 atom stereocenters. The maximum atomic E-state index is 13.1. The Morgan fingerprint density at radius 3 is 2.64 bits per heavy atom. The number of hydrogen-bond acceptors (Lipinski definition) is 7. The van der Waals surface area contributed by atoms with Crippen molar-refractivity contribution in [3.05, 3.63) is 18.2 Å². The van der Waals surface area contributed by atoms with Gasteiger partial charge in [0.2, 0.25) is 17.7 Å². The second-order valence-electron chi connectivity index (χ2n) is 8.49. The maximum Gasteiger partial charge on any atom is 0.326 e. The number of carboxylic acids is 1. The summed E-state index contributed by atoms with van der Waals surface area (Å²) in [5, 5.41) is 14.6. The molecule has 0 saturated carbocycles. The van der Waals surface area contributed by atoms with Gasteiger partial charge in [-0.3, -0.25) is 14.4 Å². The van der Waals surface area contributed by atoms with E-state index in [0.717, 1.165) is 5.69 Å². The number of imidazole rings is 1. The van der Waals surface area contributed by atoms with Crippen molar-refractivity contribution in [2.24, 2.45) is 11.7 Å². The molecule has 6 N–H and O–H groups in total. The van der Waals surface area contributed by atoms with E-state index in [1.807, 2.05) is 6.26 Å². The lowest BCUT2D eigenvalue weighted by atomic mass is 10.0. The van der Waals surface area contributed by atoms with E-state index < -0.39 is 42.0 Å². The summed E-state index contributed by atoms with van der Waals surface area (Å²) in [4.78, 5) is 58.6. The van der Waals surface area contributed by atoms with Gasteiger partial charge in [-0.2, -0.15) is 11.8 Å². The van der Waals surface area contributed by atoms with Gasteiger partial charge in [0.25, 0.3) is 0 Å². The van der Waals surface area contributed by atoms with Crippen LogP contribution in [-0.2, 0) is 25.6 Å². The number of carbonyl (C=O) groups is 4. The number of carboxylic acid groups (broad SMARTS) is 1. The minimum absolute atomic E-state index is 0.272. The van der Waals surface area contributed by atoms with Crippen molar-refractivity contribution in [3.63, 3.8) is 0 Å². The minimum Gasteiger partial charge on any atom is -0.480 e. The third-order valence-electron chi connectivity index (χ3n) is 5.62. The minimum atomic E-state index is -1.13. The predicted molar refractivity (Wildman–Crippen MR) is 124 cm³/mol. The van der Waals surface area contributed by atoms with E-state index in [0.29, 0.717) is 31.6 Å². The van der Waals surface area contributed by atoms with E-state index >= 15 is 0 Å². The molecule has 0 aliphatic carbocycles. The molecule has 1 aromatic rings. The van der Waals surface area contributed by atoms with Crippen LogP contribution in [0.25, 0.3) is 0 Å². The molecule has 3 amide bonds. The average Bonchev–Trinajstić information content (AvgIpc) is 3.45. The molecule has 2 rings (SSSR count). The quantitative estimate of drug-likeness (QED) is 0.271. The largest absolute Gasteiger partial charge is 0.480 e. The van der Waals surface area contributed by atoms with E-state index in [2.05, 4.69) is 20.6 Å². The summed E-state index contributed by atoms with van der Waals surface area (Å²) in [6.07, 6.45) is 6.71. The predicted octanol–water partition coefficient (Wildman–Crippen LogP) is -0.266. The Morgan fingerprint density at radius 2 is 2.06 bits per heavy atom. The molecule has 2 heterocycles. The van der Waals surface area contributed by atoms with Crippen molar-refractivity contribution in [1.29, 1.82) is 0 Å². The molecule has 1 fully saturated rings. The topological polar surface area (TPSA) is 171 Å². The first-order valence-corrected chi connectivity index (χ1v) is 12.4. The smallest absolute Gasteiger partial charge is 0.326 e. The van der Waals surface area contributed by atoms with Gasteiger partial charge < -0.3 is 31.4 Å². The number of thioether (sulfide) groups is 1. The third-order valence-corrected chi connectivity index (χ3v) is 6.27. The summed E-state index contributed by atoms with van der Waals surface area (Å²) in [5.41, 5.74) is 6.81. The lowest BCUT2D eigenvalue weighted by molar-refractivity contribution is -0.144. The molecule has 11 nitrogen and oxygen atoms in total. The van der Waals surface area contributed by atoms with Crippen LogP contribution in [0.4, 0.5) is 0 Å². The maximum absolute atomic E-state index is 13.1. The monoisotopic (exact) mass is 482 g/mol. The number of aromatic nitrogens is 2. The summed E-state index contributed by atoms with van der Waals surface area (Å²) in [6.45, 7) is 3.80. The molecular formula is C21H34N6O5S. The van der Waals surface area contributed by atoms with E-state index in [9.17, 15) is 24.3 Å². The fraction of sp³-hybridized carbons (Fsp3) is 0.667. The van der Waals surface area contributed by atoms with Crippen LogP contribution in [-0.4, -0.2) is 86.4 Å². The van der Waals surface area contributed by atoms with Crippen molar-refractivity contribution >= 4 is 35.5 Å². The highest BCUT2D eigenvalue weighted by molar-refractivity contribution is 7.98. The zero-order chi connectivity index (χ0) is 24.5. The van der Waals surface area contributed by atoms with Crippen LogP contribution in [0.1, 0.15) is 38.8 Å². The number of rotatable bonds is 12. The number of aromatic amines is 1. The molecule has 1 aliphatic heterocycles. The fourth-order valence-electron chi connectivity index (χ4n) is 3.78. The van der Waals surface area contributed by atoms with E-state index in [1.54, 1.807) is 20.0 Å². The molecular weight excluding hydrogens is 448 g/mol. The normalized spacial score (nSPS) is 18.6. The SMILES string of the molecule is CSCCC(NC(=O)C1CCCN1C(=O)C(N)Cc1cnc[nH]1)C(=O)NC(C(=O)O)C(C)C. The van der Waals surface area contributed by atoms with Crippen LogP contribution in [0.3, 0.4) is 0 Å². The lowest BCUT2D eigenvalue weighted by Gasteiger charge is -2.29. The van der Waals surface area contributed by atoms with Gasteiger partial charge >= 0.3 is 5.97 Å². The second-order valence-corrected chi connectivity index (χ2v) is 9.47. The summed E-state index contributed by atoms with van der Waals surface area (Å²) in [5.74, 6) is -2.18. The first kappa shape index (κ1) is 26.7. The summed E-state index contributed by atoms with van der Waals surface area (Å²) in [6, 6.07) is -3.51. The highest BCUT2D eigenvalue weighted by Crippen LogP contribution is 2.19. The van der Waals surface area contributed by atoms with Crippen LogP contribution in [0.5, 0.6) is 0 Å². The van der Waals surface area contributed by atoms with Crippen LogP contribution in [0.15, 0.2) is 12.5 Å². The zero-order valence-electron chi connectivity index (χ0n) is 19.2. The Kier molecular flexibility index (Phi) is 10.2. The number of nitrogens with one attached hydrogen (secondary N) is 3. The molecule has 0 aromatic carbocycles. The molecule has 0 spiro atoms. The molecule has 33 heavy (non-hydrogen) atoms. The van der Waals surface area contributed by atoms with Gasteiger partial charge in [-0.05, 0) is 37.2 Å². The highest BCUT2D eigenvalue weighted by Gasteiger charge is 2.38. The van der Waals surface area contributed by atoms with Crippen molar-refractivity contribution in [1.82, 2.24) is 25.5 Å². The molecule has 1 saturated heterocycles. The van der Waals surface area contributed by atoms with Crippen molar-refractivity contribution in [2.45, 2.75) is 63.7 Å². The second kappa shape index (κ2) is 12.6. The standard InChI is InChI=1S/C21H34N6O5S/c1-12(2)17(21(31)32)26-18(28)15(6-8-33-3)25-19(29)16-5-4-7-27(16)20(30)14(22)9-13-10-23-11-24-13/h10-12,14-17H,4-9,22H2,1-3H3,(H,23,24)(H,25,29)(H,26,28)(H,31,32). The number of aliphatic carboxylic acids is 1.